The first-order chi connectivity index (χ1) is 12.5. The van der Waals surface area contributed by atoms with Gasteiger partial charge in [0.15, 0.2) is 0 Å². The van der Waals surface area contributed by atoms with Crippen LogP contribution in [0.5, 0.6) is 0 Å². The number of esters is 1. The molecule has 0 unspecified atom stereocenters. The highest BCUT2D eigenvalue weighted by molar-refractivity contribution is 5.86. The number of alkyl carbamates (subject to hydrolysis) is 1. The van der Waals surface area contributed by atoms with E-state index in [0.717, 1.165) is 5.56 Å². The molecule has 7 heteroatoms. The molecule has 0 heterocycles. The van der Waals surface area contributed by atoms with Crippen LogP contribution in [0.2, 0.25) is 0 Å². The smallest absolute Gasteiger partial charge is 0.408 e. The number of hydrogen-bond acceptors (Lipinski definition) is 5. The van der Waals surface area contributed by atoms with Crippen LogP contribution >= 0.6 is 0 Å². The highest BCUT2D eigenvalue weighted by atomic mass is 16.6. The fourth-order valence-corrected chi connectivity index (χ4v) is 2.46. The first kappa shape index (κ1) is 22.5. The van der Waals surface area contributed by atoms with E-state index in [9.17, 15) is 14.4 Å². The number of amides is 2. The molecule has 0 saturated heterocycles. The number of ether oxygens (including phenoxy) is 2. The number of rotatable bonds is 7. The Morgan fingerprint density at radius 1 is 1.07 bits per heavy atom. The Morgan fingerprint density at radius 3 is 2.19 bits per heavy atom. The summed E-state index contributed by atoms with van der Waals surface area (Å²) in [5.74, 6) is -0.771. The number of nitrogens with zero attached hydrogens (tertiary/aromatic N) is 1. The Bertz CT molecular complexity index is 654. The first-order valence-corrected chi connectivity index (χ1v) is 8.84. The van der Waals surface area contributed by atoms with Crippen molar-refractivity contribution in [3.8, 4) is 0 Å². The highest BCUT2D eigenvalue weighted by Crippen LogP contribution is 2.18. The van der Waals surface area contributed by atoms with Crippen LogP contribution in [0.25, 0.3) is 0 Å². The lowest BCUT2D eigenvalue weighted by Crippen LogP contribution is -2.54. The predicted molar refractivity (Wildman–Crippen MR) is 102 cm³/mol. The topological polar surface area (TPSA) is 84.9 Å². The van der Waals surface area contributed by atoms with Gasteiger partial charge in [0, 0.05) is 20.0 Å². The van der Waals surface area contributed by atoms with Crippen molar-refractivity contribution in [2.24, 2.45) is 0 Å². The van der Waals surface area contributed by atoms with Gasteiger partial charge in [-0.15, -0.1) is 0 Å². The Hall–Kier alpha value is -2.57. The number of nitrogens with one attached hydrogen (secondary N) is 1. The Morgan fingerprint density at radius 2 is 1.67 bits per heavy atom. The van der Waals surface area contributed by atoms with Crippen LogP contribution in [0.1, 0.15) is 46.1 Å². The first-order valence-electron chi connectivity index (χ1n) is 8.84. The lowest BCUT2D eigenvalue weighted by molar-refractivity contribution is -0.148. The number of carbonyl (C=O) groups is 3. The van der Waals surface area contributed by atoms with Crippen LogP contribution in [-0.4, -0.2) is 48.2 Å². The molecule has 1 N–H and O–H groups in total. The van der Waals surface area contributed by atoms with Gasteiger partial charge in [0.25, 0.3) is 0 Å². The number of methoxy groups -OCH3 is 1. The number of hydrogen-bond donors (Lipinski definition) is 1. The predicted octanol–water partition coefficient (Wildman–Crippen LogP) is 2.88. The van der Waals surface area contributed by atoms with E-state index in [1.54, 1.807) is 32.7 Å². The summed E-state index contributed by atoms with van der Waals surface area (Å²) in [5, 5.41) is 2.54. The molecule has 0 fully saturated rings. The molecule has 2 amide bonds. The normalized spacial score (nSPS) is 13.3. The van der Waals surface area contributed by atoms with E-state index in [2.05, 4.69) is 5.32 Å². The highest BCUT2D eigenvalue weighted by Gasteiger charge is 2.38. The number of benzene rings is 1. The molecule has 1 aromatic carbocycles. The van der Waals surface area contributed by atoms with Crippen LogP contribution in [0.4, 0.5) is 4.79 Å². The van der Waals surface area contributed by atoms with Crippen molar-refractivity contribution in [3.05, 3.63) is 35.9 Å². The van der Waals surface area contributed by atoms with Gasteiger partial charge in [0.1, 0.15) is 11.1 Å². The minimum atomic E-state index is -1.36. The fourth-order valence-electron chi connectivity index (χ4n) is 2.46. The molecule has 1 aromatic rings. The van der Waals surface area contributed by atoms with Crippen molar-refractivity contribution >= 4 is 18.0 Å². The van der Waals surface area contributed by atoms with E-state index >= 15 is 0 Å². The van der Waals surface area contributed by atoms with Crippen molar-refractivity contribution in [3.63, 3.8) is 0 Å². The maximum atomic E-state index is 12.4. The zero-order valence-electron chi connectivity index (χ0n) is 17.0. The zero-order chi connectivity index (χ0) is 20.7. The lowest BCUT2D eigenvalue weighted by Gasteiger charge is -2.30. The minimum absolute atomic E-state index is 0.0741. The fraction of sp³-hybridized carbons (Fsp3) is 0.550. The molecule has 0 spiro atoms. The van der Waals surface area contributed by atoms with Gasteiger partial charge in [-0.1, -0.05) is 30.3 Å². The second-order valence-corrected chi connectivity index (χ2v) is 7.69. The van der Waals surface area contributed by atoms with E-state index in [4.69, 9.17) is 9.47 Å². The van der Waals surface area contributed by atoms with Crippen LogP contribution in [0.15, 0.2) is 30.3 Å². The molecular weight excluding hydrogens is 348 g/mol. The summed E-state index contributed by atoms with van der Waals surface area (Å²) in [6, 6.07) is 9.60. The van der Waals surface area contributed by atoms with E-state index in [1.807, 2.05) is 30.3 Å². The van der Waals surface area contributed by atoms with Gasteiger partial charge in [-0.25, -0.2) is 9.59 Å². The molecular formula is C20H30N2O5. The van der Waals surface area contributed by atoms with Gasteiger partial charge in [-0.3, -0.25) is 4.79 Å². The van der Waals surface area contributed by atoms with Gasteiger partial charge in [0.2, 0.25) is 5.91 Å². The third-order valence-corrected chi connectivity index (χ3v) is 3.94. The maximum Gasteiger partial charge on any atom is 0.408 e. The summed E-state index contributed by atoms with van der Waals surface area (Å²) < 4.78 is 10.0. The van der Waals surface area contributed by atoms with E-state index in [1.165, 1.54) is 14.0 Å². The van der Waals surface area contributed by atoms with E-state index < -0.39 is 23.2 Å². The van der Waals surface area contributed by atoms with Crippen LogP contribution in [-0.2, 0) is 25.6 Å². The molecule has 1 rings (SSSR count). The summed E-state index contributed by atoms with van der Waals surface area (Å²) in [5.41, 5.74) is -1.05. The summed E-state index contributed by atoms with van der Waals surface area (Å²) in [6.45, 7) is 7.17. The quantitative estimate of drug-likeness (QED) is 0.738. The molecule has 27 heavy (non-hydrogen) atoms. The average molecular weight is 378 g/mol. The van der Waals surface area contributed by atoms with Crippen molar-refractivity contribution in [2.75, 3.05) is 14.2 Å². The van der Waals surface area contributed by atoms with Gasteiger partial charge in [-0.05, 0) is 39.7 Å². The molecule has 0 bridgehead atoms. The Kier molecular flexibility index (Phi) is 7.82. The van der Waals surface area contributed by atoms with Crippen molar-refractivity contribution in [1.82, 2.24) is 10.2 Å². The third-order valence-electron chi connectivity index (χ3n) is 3.94. The second-order valence-electron chi connectivity index (χ2n) is 7.69. The molecule has 1 atom stereocenters. The SMILES string of the molecule is COC(=O)[C@@](C)(CCC(=O)N(C)Cc1ccccc1)NC(=O)OC(C)(C)C. The molecule has 0 aliphatic heterocycles. The molecule has 0 radical (unpaired) electrons. The van der Waals surface area contributed by atoms with Crippen LogP contribution in [0, 0.1) is 0 Å². The largest absolute Gasteiger partial charge is 0.467 e. The van der Waals surface area contributed by atoms with Gasteiger partial charge in [0.05, 0.1) is 7.11 Å². The average Bonchev–Trinajstić information content (AvgIpc) is 2.57. The molecule has 150 valence electrons. The summed E-state index contributed by atoms with van der Waals surface area (Å²) >= 11 is 0. The monoisotopic (exact) mass is 378 g/mol. The lowest BCUT2D eigenvalue weighted by atomic mass is 9.95. The zero-order valence-corrected chi connectivity index (χ0v) is 17.0. The standard InChI is InChI=1S/C20H30N2O5/c1-19(2,3)27-18(25)21-20(4,17(24)26-6)13-12-16(23)22(5)14-15-10-8-7-9-11-15/h7-11H,12-14H2,1-6H3,(H,21,25)/t20-/m1/s1. The van der Waals surface area contributed by atoms with Gasteiger partial charge < -0.3 is 19.7 Å². The Labute approximate surface area is 161 Å². The molecule has 0 aliphatic carbocycles. The molecule has 0 aromatic heterocycles. The maximum absolute atomic E-state index is 12.4. The van der Waals surface area contributed by atoms with Gasteiger partial charge in [-0.2, -0.15) is 0 Å². The van der Waals surface area contributed by atoms with Crippen LogP contribution < -0.4 is 5.32 Å². The summed E-state index contributed by atoms with van der Waals surface area (Å²) in [6.07, 6.45) is -0.567. The minimum Gasteiger partial charge on any atom is -0.467 e. The molecule has 7 nitrogen and oxygen atoms in total. The van der Waals surface area contributed by atoms with Crippen molar-refractivity contribution in [2.45, 2.75) is 58.2 Å². The number of carbonyl (C=O) groups excluding carboxylic acids is 3. The van der Waals surface area contributed by atoms with Gasteiger partial charge >= 0.3 is 12.1 Å². The summed E-state index contributed by atoms with van der Waals surface area (Å²) in [7, 11) is 2.94. The van der Waals surface area contributed by atoms with Crippen molar-refractivity contribution < 1.29 is 23.9 Å². The Balaban J connectivity index is 2.71. The van der Waals surface area contributed by atoms with E-state index in [0.29, 0.717) is 6.54 Å². The molecule has 0 aliphatic rings. The summed E-state index contributed by atoms with van der Waals surface area (Å²) in [4.78, 5) is 38.3. The third kappa shape index (κ3) is 7.68. The van der Waals surface area contributed by atoms with Crippen molar-refractivity contribution in [1.29, 1.82) is 0 Å². The van der Waals surface area contributed by atoms with Crippen LogP contribution in [0.3, 0.4) is 0 Å². The molecule has 0 saturated carbocycles. The second kappa shape index (κ2) is 9.39. The van der Waals surface area contributed by atoms with E-state index in [-0.39, 0.29) is 18.7 Å².